The summed E-state index contributed by atoms with van der Waals surface area (Å²) in [6.45, 7) is 5.73. The van der Waals surface area contributed by atoms with E-state index in [-0.39, 0.29) is 11.8 Å². The lowest BCUT2D eigenvalue weighted by atomic mass is 9.87. The number of aryl methyl sites for hydroxylation is 1. The summed E-state index contributed by atoms with van der Waals surface area (Å²) in [6.07, 6.45) is 5.18. The number of aromatic amines is 1. The third-order valence-electron chi connectivity index (χ3n) is 4.71. The molecular weight excluding hydrogens is 330 g/mol. The Balaban J connectivity index is 1.51. The van der Waals surface area contributed by atoms with Gasteiger partial charge in [0.1, 0.15) is 0 Å². The second-order valence-electron chi connectivity index (χ2n) is 6.50. The van der Waals surface area contributed by atoms with E-state index in [0.29, 0.717) is 19.8 Å². The molecule has 0 unspecified atom stereocenters. The first-order valence-electron chi connectivity index (χ1n) is 9.38. The molecule has 0 bridgehead atoms. The van der Waals surface area contributed by atoms with Crippen molar-refractivity contribution in [2.24, 2.45) is 5.92 Å². The summed E-state index contributed by atoms with van der Waals surface area (Å²) in [4.78, 5) is 12.4. The van der Waals surface area contributed by atoms with Gasteiger partial charge in [-0.2, -0.15) is 5.10 Å². The van der Waals surface area contributed by atoms with Crippen molar-refractivity contribution in [2.45, 2.75) is 39.5 Å². The first-order valence-corrected chi connectivity index (χ1v) is 9.38. The number of hydrogen-bond acceptors (Lipinski definition) is 4. The van der Waals surface area contributed by atoms with Crippen molar-refractivity contribution in [1.29, 1.82) is 0 Å². The van der Waals surface area contributed by atoms with Crippen LogP contribution in [0.5, 0.6) is 11.5 Å². The van der Waals surface area contributed by atoms with Crippen LogP contribution in [0.25, 0.3) is 0 Å². The minimum absolute atomic E-state index is 0.0299. The molecule has 0 spiro atoms. The number of hydrogen-bond donors (Lipinski definition) is 2. The standard InChI is InChI=1S/C20H27N3O3/c1-3-25-18-8-5-14(11-19(18)26-4-2)9-10-21-20(24)15-6-7-16-13-22-23-17(16)12-15/h5,8,11,13,15H,3-4,6-7,9-10,12H2,1-2H3,(H,21,24)(H,22,23)/t15-/m0/s1. The second kappa shape index (κ2) is 8.74. The summed E-state index contributed by atoms with van der Waals surface area (Å²) in [5.74, 6) is 1.68. The van der Waals surface area contributed by atoms with Gasteiger partial charge in [0.25, 0.3) is 0 Å². The molecule has 1 aromatic heterocycles. The number of nitrogens with zero attached hydrogens (tertiary/aromatic N) is 1. The van der Waals surface area contributed by atoms with E-state index in [2.05, 4.69) is 15.5 Å². The number of nitrogens with one attached hydrogen (secondary N) is 2. The van der Waals surface area contributed by atoms with E-state index in [4.69, 9.17) is 9.47 Å². The third-order valence-corrected chi connectivity index (χ3v) is 4.71. The Hall–Kier alpha value is -2.50. The molecule has 2 aromatic rings. The maximum atomic E-state index is 12.4. The van der Waals surface area contributed by atoms with E-state index >= 15 is 0 Å². The van der Waals surface area contributed by atoms with E-state index in [1.807, 2.05) is 38.2 Å². The number of carbonyl (C=O) groups excluding carboxylic acids is 1. The van der Waals surface area contributed by atoms with Crippen LogP contribution in [0.15, 0.2) is 24.4 Å². The average molecular weight is 357 g/mol. The smallest absolute Gasteiger partial charge is 0.223 e. The number of fused-ring (bicyclic) bond motifs is 1. The van der Waals surface area contributed by atoms with Gasteiger partial charge in [-0.3, -0.25) is 9.89 Å². The Morgan fingerprint density at radius 3 is 2.88 bits per heavy atom. The van der Waals surface area contributed by atoms with Gasteiger partial charge >= 0.3 is 0 Å². The Morgan fingerprint density at radius 2 is 2.08 bits per heavy atom. The first-order chi connectivity index (χ1) is 12.7. The second-order valence-corrected chi connectivity index (χ2v) is 6.50. The van der Waals surface area contributed by atoms with Crippen molar-refractivity contribution in [3.8, 4) is 11.5 Å². The van der Waals surface area contributed by atoms with Crippen LogP contribution >= 0.6 is 0 Å². The minimum Gasteiger partial charge on any atom is -0.490 e. The molecule has 1 aliphatic carbocycles. The van der Waals surface area contributed by atoms with Crippen LogP contribution in [0.4, 0.5) is 0 Å². The van der Waals surface area contributed by atoms with Gasteiger partial charge in [0.05, 0.1) is 19.4 Å². The van der Waals surface area contributed by atoms with Crippen molar-refractivity contribution < 1.29 is 14.3 Å². The highest BCUT2D eigenvalue weighted by Crippen LogP contribution is 2.28. The summed E-state index contributed by atoms with van der Waals surface area (Å²) in [5.41, 5.74) is 3.47. The molecule has 1 heterocycles. The zero-order valence-corrected chi connectivity index (χ0v) is 15.5. The van der Waals surface area contributed by atoms with Crippen LogP contribution in [0, 0.1) is 5.92 Å². The fraction of sp³-hybridized carbons (Fsp3) is 0.500. The van der Waals surface area contributed by atoms with Gasteiger partial charge in [0.15, 0.2) is 11.5 Å². The Kier molecular flexibility index (Phi) is 6.15. The summed E-state index contributed by atoms with van der Waals surface area (Å²) < 4.78 is 11.2. The van der Waals surface area contributed by atoms with Gasteiger partial charge in [0.2, 0.25) is 5.91 Å². The molecule has 2 N–H and O–H groups in total. The molecule has 26 heavy (non-hydrogen) atoms. The van der Waals surface area contributed by atoms with Crippen molar-refractivity contribution in [1.82, 2.24) is 15.5 Å². The molecule has 0 saturated heterocycles. The molecule has 1 aliphatic rings. The Labute approximate surface area is 154 Å². The van der Waals surface area contributed by atoms with Crippen LogP contribution in [0.3, 0.4) is 0 Å². The van der Waals surface area contributed by atoms with Crippen LogP contribution in [0.1, 0.15) is 37.1 Å². The van der Waals surface area contributed by atoms with Gasteiger partial charge in [-0.15, -0.1) is 0 Å². The van der Waals surface area contributed by atoms with Crippen LogP contribution < -0.4 is 14.8 Å². The van der Waals surface area contributed by atoms with Gasteiger partial charge in [-0.25, -0.2) is 0 Å². The maximum Gasteiger partial charge on any atom is 0.223 e. The van der Waals surface area contributed by atoms with E-state index in [1.54, 1.807) is 0 Å². The highest BCUT2D eigenvalue weighted by atomic mass is 16.5. The molecular formula is C20H27N3O3. The van der Waals surface area contributed by atoms with E-state index in [9.17, 15) is 4.79 Å². The van der Waals surface area contributed by atoms with E-state index in [0.717, 1.165) is 48.4 Å². The normalized spacial score (nSPS) is 16.0. The summed E-state index contributed by atoms with van der Waals surface area (Å²) in [5, 5.41) is 10.1. The third kappa shape index (κ3) is 4.36. The van der Waals surface area contributed by atoms with Gasteiger partial charge in [-0.05, 0) is 56.4 Å². The minimum atomic E-state index is 0.0299. The summed E-state index contributed by atoms with van der Waals surface area (Å²) in [7, 11) is 0. The number of carbonyl (C=O) groups is 1. The fourth-order valence-corrected chi connectivity index (χ4v) is 3.36. The zero-order chi connectivity index (χ0) is 18.4. The topological polar surface area (TPSA) is 76.2 Å². The fourth-order valence-electron chi connectivity index (χ4n) is 3.36. The number of aromatic nitrogens is 2. The molecule has 0 saturated carbocycles. The number of rotatable bonds is 8. The SMILES string of the molecule is CCOc1ccc(CCNC(=O)[C@H]2CCc3cn[nH]c3C2)cc1OCC. The lowest BCUT2D eigenvalue weighted by molar-refractivity contribution is -0.125. The number of amides is 1. The van der Waals surface area contributed by atoms with Crippen molar-refractivity contribution in [3.05, 3.63) is 41.2 Å². The molecule has 3 rings (SSSR count). The zero-order valence-electron chi connectivity index (χ0n) is 15.5. The Morgan fingerprint density at radius 1 is 1.27 bits per heavy atom. The molecule has 1 atom stereocenters. The van der Waals surface area contributed by atoms with Crippen LogP contribution in [-0.4, -0.2) is 35.9 Å². The lowest BCUT2D eigenvalue weighted by Gasteiger charge is -2.21. The van der Waals surface area contributed by atoms with Crippen molar-refractivity contribution in [2.75, 3.05) is 19.8 Å². The van der Waals surface area contributed by atoms with Gasteiger partial charge in [0, 0.05) is 24.6 Å². The van der Waals surface area contributed by atoms with Crippen molar-refractivity contribution >= 4 is 5.91 Å². The summed E-state index contributed by atoms with van der Waals surface area (Å²) >= 11 is 0. The van der Waals surface area contributed by atoms with Crippen molar-refractivity contribution in [3.63, 3.8) is 0 Å². The monoisotopic (exact) mass is 357 g/mol. The average Bonchev–Trinajstić information content (AvgIpc) is 3.12. The summed E-state index contributed by atoms with van der Waals surface area (Å²) in [6, 6.07) is 5.96. The first kappa shape index (κ1) is 18.3. The molecule has 0 fully saturated rings. The van der Waals surface area contributed by atoms with Gasteiger partial charge < -0.3 is 14.8 Å². The lowest BCUT2D eigenvalue weighted by Crippen LogP contribution is -2.35. The van der Waals surface area contributed by atoms with Crippen LogP contribution in [-0.2, 0) is 24.1 Å². The number of benzene rings is 1. The largest absolute Gasteiger partial charge is 0.490 e. The number of H-pyrrole nitrogens is 1. The molecule has 140 valence electrons. The number of ether oxygens (including phenoxy) is 2. The van der Waals surface area contributed by atoms with E-state index < -0.39 is 0 Å². The van der Waals surface area contributed by atoms with E-state index in [1.165, 1.54) is 5.56 Å². The maximum absolute atomic E-state index is 12.4. The quantitative estimate of drug-likeness (QED) is 0.762. The molecule has 1 aromatic carbocycles. The molecule has 1 amide bonds. The van der Waals surface area contributed by atoms with Gasteiger partial charge in [-0.1, -0.05) is 6.07 Å². The Bertz CT molecular complexity index is 742. The molecule has 6 heteroatoms. The highest BCUT2D eigenvalue weighted by Gasteiger charge is 2.25. The van der Waals surface area contributed by atoms with Crippen LogP contribution in [0.2, 0.25) is 0 Å². The predicted octanol–water partition coefficient (Wildman–Crippen LogP) is 2.67. The molecule has 0 radical (unpaired) electrons. The highest BCUT2D eigenvalue weighted by molar-refractivity contribution is 5.79. The predicted molar refractivity (Wildman–Crippen MR) is 99.6 cm³/mol. The molecule has 0 aliphatic heterocycles. The molecule has 6 nitrogen and oxygen atoms in total.